The van der Waals surface area contributed by atoms with Crippen molar-refractivity contribution in [3.63, 3.8) is 0 Å². The number of rotatable bonds is 4. The molecular formula is C18H16N2O2. The first-order valence-corrected chi connectivity index (χ1v) is 7.08. The van der Waals surface area contributed by atoms with Crippen LogP contribution in [0, 0.1) is 6.92 Å². The van der Waals surface area contributed by atoms with Crippen molar-refractivity contribution in [2.45, 2.75) is 6.92 Å². The summed E-state index contributed by atoms with van der Waals surface area (Å²) in [4.78, 5) is 16.4. The van der Waals surface area contributed by atoms with Gasteiger partial charge in [-0.05, 0) is 30.7 Å². The van der Waals surface area contributed by atoms with Crippen LogP contribution in [0.5, 0.6) is 0 Å². The van der Waals surface area contributed by atoms with Gasteiger partial charge in [0.05, 0.1) is 5.52 Å². The molecule has 0 aliphatic carbocycles. The molecule has 0 unspecified atom stereocenters. The van der Waals surface area contributed by atoms with Crippen molar-refractivity contribution in [3.05, 3.63) is 77.9 Å². The van der Waals surface area contributed by atoms with Crippen molar-refractivity contribution >= 4 is 17.6 Å². The number of esters is 1. The average Bonchev–Trinajstić information content (AvgIpc) is 2.90. The second-order valence-corrected chi connectivity index (χ2v) is 4.88. The Labute approximate surface area is 128 Å². The van der Waals surface area contributed by atoms with E-state index in [2.05, 4.69) is 4.98 Å². The number of carbonyl (C=O) groups is 1. The van der Waals surface area contributed by atoms with E-state index in [1.54, 1.807) is 0 Å². The predicted molar refractivity (Wildman–Crippen MR) is 85.7 cm³/mol. The molecule has 22 heavy (non-hydrogen) atoms. The first-order valence-electron chi connectivity index (χ1n) is 7.08. The molecular weight excluding hydrogens is 276 g/mol. The van der Waals surface area contributed by atoms with Crippen LogP contribution in [-0.2, 0) is 4.74 Å². The van der Waals surface area contributed by atoms with E-state index in [9.17, 15) is 4.79 Å². The molecule has 0 aliphatic rings. The van der Waals surface area contributed by atoms with Crippen molar-refractivity contribution in [2.24, 2.45) is 0 Å². The van der Waals surface area contributed by atoms with E-state index in [1.807, 2.05) is 78.2 Å². The normalized spacial score (nSPS) is 11.1. The Balaban J connectivity index is 1.68. The fourth-order valence-electron chi connectivity index (χ4n) is 2.28. The maximum atomic E-state index is 12.2. The van der Waals surface area contributed by atoms with E-state index in [0.717, 1.165) is 16.9 Å². The number of aryl methyl sites for hydroxylation is 1. The third kappa shape index (κ3) is 2.91. The number of carbonyl (C=O) groups excluding carboxylic acids is 1. The van der Waals surface area contributed by atoms with Crippen LogP contribution < -0.4 is 0 Å². The third-order valence-electron chi connectivity index (χ3n) is 3.34. The largest absolute Gasteiger partial charge is 0.457 e. The third-order valence-corrected chi connectivity index (χ3v) is 3.34. The summed E-state index contributed by atoms with van der Waals surface area (Å²) in [5.74, 6) is 0.358. The molecule has 2 aromatic heterocycles. The molecule has 3 aromatic rings. The van der Waals surface area contributed by atoms with Crippen LogP contribution in [-0.4, -0.2) is 22.0 Å². The standard InChI is InChI=1S/C18H16N2O2/c1-14-19-17(16-11-5-6-12-20(14)16)18(21)22-13-7-10-15-8-3-2-4-9-15/h2-12H,13H2,1H3/b10-7+. The van der Waals surface area contributed by atoms with E-state index >= 15 is 0 Å². The number of imidazole rings is 1. The molecule has 0 N–H and O–H groups in total. The topological polar surface area (TPSA) is 43.6 Å². The van der Waals surface area contributed by atoms with E-state index in [1.165, 1.54) is 0 Å². The summed E-state index contributed by atoms with van der Waals surface area (Å²) < 4.78 is 7.14. The van der Waals surface area contributed by atoms with Gasteiger partial charge in [-0.1, -0.05) is 42.5 Å². The lowest BCUT2D eigenvalue weighted by Crippen LogP contribution is -2.06. The molecule has 4 nitrogen and oxygen atoms in total. The Kier molecular flexibility index (Phi) is 4.01. The fraction of sp³-hybridized carbons (Fsp3) is 0.111. The van der Waals surface area contributed by atoms with Gasteiger partial charge in [0, 0.05) is 6.20 Å². The van der Waals surface area contributed by atoms with Gasteiger partial charge in [0.1, 0.15) is 12.4 Å². The molecule has 0 spiro atoms. The SMILES string of the molecule is Cc1nc(C(=O)OC/C=C/c2ccccc2)c2ccccn12. The Hall–Kier alpha value is -2.88. The highest BCUT2D eigenvalue weighted by Crippen LogP contribution is 2.13. The monoisotopic (exact) mass is 292 g/mol. The first kappa shape index (κ1) is 14.1. The lowest BCUT2D eigenvalue weighted by Gasteiger charge is -2.00. The van der Waals surface area contributed by atoms with Crippen LogP contribution in [0.1, 0.15) is 21.9 Å². The highest BCUT2D eigenvalue weighted by molar-refractivity contribution is 5.95. The summed E-state index contributed by atoms with van der Waals surface area (Å²) >= 11 is 0. The molecule has 4 heteroatoms. The second kappa shape index (κ2) is 6.26. The van der Waals surface area contributed by atoms with Gasteiger partial charge in [0.25, 0.3) is 0 Å². The van der Waals surface area contributed by atoms with Gasteiger partial charge in [-0.3, -0.25) is 0 Å². The Morgan fingerprint density at radius 3 is 2.77 bits per heavy atom. The maximum Gasteiger partial charge on any atom is 0.359 e. The molecule has 0 saturated heterocycles. The molecule has 110 valence electrons. The molecule has 0 saturated carbocycles. The highest BCUT2D eigenvalue weighted by atomic mass is 16.5. The van der Waals surface area contributed by atoms with Crippen molar-refractivity contribution in [1.82, 2.24) is 9.38 Å². The molecule has 1 aromatic carbocycles. The molecule has 0 aliphatic heterocycles. The van der Waals surface area contributed by atoms with Gasteiger partial charge in [0.15, 0.2) is 5.69 Å². The van der Waals surface area contributed by atoms with Crippen molar-refractivity contribution in [2.75, 3.05) is 6.61 Å². The molecule has 0 fully saturated rings. The lowest BCUT2D eigenvalue weighted by atomic mass is 10.2. The summed E-state index contributed by atoms with van der Waals surface area (Å²) in [6.07, 6.45) is 5.62. The zero-order valence-electron chi connectivity index (χ0n) is 12.3. The average molecular weight is 292 g/mol. The van der Waals surface area contributed by atoms with Gasteiger partial charge >= 0.3 is 5.97 Å². The molecule has 2 heterocycles. The Morgan fingerprint density at radius 1 is 1.18 bits per heavy atom. The predicted octanol–water partition coefficient (Wildman–Crippen LogP) is 3.51. The van der Waals surface area contributed by atoms with Crippen LogP contribution in [0.25, 0.3) is 11.6 Å². The van der Waals surface area contributed by atoms with Crippen LogP contribution in [0.15, 0.2) is 60.8 Å². The van der Waals surface area contributed by atoms with E-state index in [4.69, 9.17) is 4.74 Å². The molecule has 0 radical (unpaired) electrons. The molecule has 3 rings (SSSR count). The molecule has 0 bridgehead atoms. The Morgan fingerprint density at radius 2 is 1.95 bits per heavy atom. The number of ether oxygens (including phenoxy) is 1. The van der Waals surface area contributed by atoms with Crippen LogP contribution >= 0.6 is 0 Å². The second-order valence-electron chi connectivity index (χ2n) is 4.88. The lowest BCUT2D eigenvalue weighted by molar-refractivity contribution is 0.0546. The summed E-state index contributed by atoms with van der Waals surface area (Å²) in [6.45, 7) is 2.08. The number of hydrogen-bond donors (Lipinski definition) is 0. The van der Waals surface area contributed by atoms with Gasteiger partial charge in [-0.15, -0.1) is 0 Å². The van der Waals surface area contributed by atoms with Crippen molar-refractivity contribution in [1.29, 1.82) is 0 Å². The molecule has 0 amide bonds. The number of hydrogen-bond acceptors (Lipinski definition) is 3. The quantitative estimate of drug-likeness (QED) is 0.691. The Bertz CT molecular complexity index is 819. The highest BCUT2D eigenvalue weighted by Gasteiger charge is 2.16. The first-order chi connectivity index (χ1) is 10.8. The number of nitrogens with zero attached hydrogens (tertiary/aromatic N) is 2. The van der Waals surface area contributed by atoms with Gasteiger partial charge < -0.3 is 9.14 Å². The summed E-state index contributed by atoms with van der Waals surface area (Å²) in [7, 11) is 0. The molecule has 0 atom stereocenters. The maximum absolute atomic E-state index is 12.2. The van der Waals surface area contributed by atoms with E-state index in [-0.39, 0.29) is 6.61 Å². The van der Waals surface area contributed by atoms with Gasteiger partial charge in [0.2, 0.25) is 0 Å². The van der Waals surface area contributed by atoms with E-state index in [0.29, 0.717) is 5.69 Å². The number of pyridine rings is 1. The van der Waals surface area contributed by atoms with Crippen LogP contribution in [0.3, 0.4) is 0 Å². The number of fused-ring (bicyclic) bond motifs is 1. The fourth-order valence-corrected chi connectivity index (χ4v) is 2.28. The van der Waals surface area contributed by atoms with Gasteiger partial charge in [-0.25, -0.2) is 9.78 Å². The van der Waals surface area contributed by atoms with Crippen LogP contribution in [0.2, 0.25) is 0 Å². The zero-order chi connectivity index (χ0) is 15.4. The zero-order valence-corrected chi connectivity index (χ0v) is 12.3. The minimum atomic E-state index is -0.408. The van der Waals surface area contributed by atoms with Crippen LogP contribution in [0.4, 0.5) is 0 Å². The van der Waals surface area contributed by atoms with Gasteiger partial charge in [-0.2, -0.15) is 0 Å². The number of benzene rings is 1. The van der Waals surface area contributed by atoms with Crippen molar-refractivity contribution in [3.8, 4) is 0 Å². The summed E-state index contributed by atoms with van der Waals surface area (Å²) in [5.41, 5.74) is 2.19. The smallest absolute Gasteiger partial charge is 0.359 e. The van der Waals surface area contributed by atoms with E-state index < -0.39 is 5.97 Å². The minimum absolute atomic E-state index is 0.221. The summed E-state index contributed by atoms with van der Waals surface area (Å²) in [5, 5.41) is 0. The minimum Gasteiger partial charge on any atom is -0.457 e. The van der Waals surface area contributed by atoms with Crippen molar-refractivity contribution < 1.29 is 9.53 Å². The summed E-state index contributed by atoms with van der Waals surface area (Å²) in [6, 6.07) is 15.5. The number of aromatic nitrogens is 2.